The van der Waals surface area contributed by atoms with E-state index < -0.39 is 0 Å². The lowest BCUT2D eigenvalue weighted by atomic mass is 9.87. The van der Waals surface area contributed by atoms with E-state index in [1.165, 1.54) is 5.56 Å². The Bertz CT molecular complexity index is 777. The molecule has 2 aromatic carbocycles. The topological polar surface area (TPSA) is 68.9 Å². The highest BCUT2D eigenvalue weighted by atomic mass is 16.5. The summed E-state index contributed by atoms with van der Waals surface area (Å²) in [7, 11) is 0. The van der Waals surface area contributed by atoms with Crippen molar-refractivity contribution in [2.24, 2.45) is 10.7 Å². The molecule has 0 atom stereocenters. The molecule has 0 aromatic heterocycles. The third-order valence-corrected chi connectivity index (χ3v) is 4.27. The molecule has 0 bridgehead atoms. The fourth-order valence-corrected chi connectivity index (χ4v) is 2.72. The zero-order valence-corrected chi connectivity index (χ0v) is 15.7. The molecule has 0 fully saturated rings. The van der Waals surface area contributed by atoms with Crippen molar-refractivity contribution in [3.63, 3.8) is 0 Å². The van der Waals surface area contributed by atoms with E-state index in [4.69, 9.17) is 15.2 Å². The van der Waals surface area contributed by atoms with Crippen LogP contribution in [0.4, 0.5) is 5.69 Å². The van der Waals surface area contributed by atoms with Crippen LogP contribution in [0.15, 0.2) is 47.5 Å². The summed E-state index contributed by atoms with van der Waals surface area (Å²) in [5, 5.41) is 3.11. The second kappa shape index (κ2) is 7.68. The molecule has 0 amide bonds. The normalized spacial score (nSPS) is 14.7. The minimum atomic E-state index is 0.152. The Morgan fingerprint density at radius 3 is 2.42 bits per heavy atom. The maximum atomic E-state index is 6.03. The van der Waals surface area contributed by atoms with Crippen LogP contribution in [-0.4, -0.2) is 19.2 Å². The van der Waals surface area contributed by atoms with Crippen LogP contribution in [-0.2, 0) is 12.0 Å². The van der Waals surface area contributed by atoms with Gasteiger partial charge in [-0.2, -0.15) is 0 Å². The average molecular weight is 353 g/mol. The lowest BCUT2D eigenvalue weighted by Gasteiger charge is -2.19. The first kappa shape index (κ1) is 18.1. The number of nitrogens with zero attached hydrogens (tertiary/aromatic N) is 1. The molecule has 138 valence electrons. The number of benzene rings is 2. The van der Waals surface area contributed by atoms with Gasteiger partial charge in [0.25, 0.3) is 0 Å². The van der Waals surface area contributed by atoms with Crippen LogP contribution in [0.3, 0.4) is 0 Å². The van der Waals surface area contributed by atoms with Crippen LogP contribution >= 0.6 is 0 Å². The molecule has 0 saturated heterocycles. The monoisotopic (exact) mass is 353 g/mol. The molecule has 2 aromatic rings. The Labute approximate surface area is 155 Å². The number of hydrogen-bond donors (Lipinski definition) is 2. The summed E-state index contributed by atoms with van der Waals surface area (Å²) in [4.78, 5) is 4.42. The van der Waals surface area contributed by atoms with Gasteiger partial charge in [-0.25, -0.2) is 4.99 Å². The smallest absolute Gasteiger partial charge is 0.193 e. The molecule has 0 unspecified atom stereocenters. The van der Waals surface area contributed by atoms with Crippen molar-refractivity contribution in [2.75, 3.05) is 18.5 Å². The third-order valence-electron chi connectivity index (χ3n) is 4.27. The van der Waals surface area contributed by atoms with Crippen LogP contribution in [0.1, 0.15) is 38.3 Å². The number of nitrogens with two attached hydrogens (primary N) is 1. The van der Waals surface area contributed by atoms with Crippen LogP contribution in [0.25, 0.3) is 0 Å². The van der Waals surface area contributed by atoms with E-state index in [1.54, 1.807) is 0 Å². The summed E-state index contributed by atoms with van der Waals surface area (Å²) in [6.45, 7) is 8.49. The van der Waals surface area contributed by atoms with Crippen LogP contribution in [0, 0.1) is 0 Å². The molecule has 3 N–H and O–H groups in total. The minimum Gasteiger partial charge on any atom is -0.490 e. The second-order valence-corrected chi connectivity index (χ2v) is 7.49. The molecular formula is C21H27N3O2. The van der Waals surface area contributed by atoms with Gasteiger partial charge in [-0.15, -0.1) is 0 Å². The van der Waals surface area contributed by atoms with Gasteiger partial charge in [0.1, 0.15) is 0 Å². The first-order chi connectivity index (χ1) is 12.4. The Kier molecular flexibility index (Phi) is 5.35. The highest BCUT2D eigenvalue weighted by molar-refractivity contribution is 5.92. The van der Waals surface area contributed by atoms with Crippen LogP contribution in [0.5, 0.6) is 11.5 Å². The molecule has 0 radical (unpaired) electrons. The second-order valence-electron chi connectivity index (χ2n) is 7.49. The van der Waals surface area contributed by atoms with Gasteiger partial charge in [-0.1, -0.05) is 45.0 Å². The average Bonchev–Trinajstić information content (AvgIpc) is 2.84. The number of guanidine groups is 1. The summed E-state index contributed by atoms with van der Waals surface area (Å²) in [6.07, 6.45) is 0.884. The molecule has 0 aliphatic carbocycles. The number of nitrogens with one attached hydrogen (secondary N) is 1. The van der Waals surface area contributed by atoms with Gasteiger partial charge in [0, 0.05) is 18.2 Å². The first-order valence-corrected chi connectivity index (χ1v) is 8.98. The number of fused-ring (bicyclic) bond motifs is 1. The van der Waals surface area contributed by atoms with E-state index in [0.29, 0.717) is 25.7 Å². The summed E-state index contributed by atoms with van der Waals surface area (Å²) >= 11 is 0. The van der Waals surface area contributed by atoms with Gasteiger partial charge < -0.3 is 20.5 Å². The van der Waals surface area contributed by atoms with Crippen molar-refractivity contribution in [2.45, 2.75) is 39.2 Å². The number of hydrogen-bond acceptors (Lipinski definition) is 3. The molecule has 1 heterocycles. The number of ether oxygens (including phenoxy) is 2. The number of aliphatic imine (C=N–C) groups is 1. The maximum absolute atomic E-state index is 6.03. The standard InChI is InChI=1S/C21H27N3O2/c1-21(2,3)16-7-5-15(6-8-16)14-23-20(22)24-17-9-10-18-19(13-17)26-12-4-11-25-18/h5-10,13H,4,11-12,14H2,1-3H3,(H3,22,23,24). The fraction of sp³-hybridized carbons (Fsp3) is 0.381. The van der Waals surface area contributed by atoms with Crippen molar-refractivity contribution in [3.8, 4) is 11.5 Å². The molecule has 3 rings (SSSR count). The molecule has 0 spiro atoms. The molecule has 1 aliphatic heterocycles. The quantitative estimate of drug-likeness (QED) is 0.645. The Morgan fingerprint density at radius 2 is 1.73 bits per heavy atom. The van der Waals surface area contributed by atoms with Gasteiger partial charge in [-0.3, -0.25) is 0 Å². The molecule has 1 aliphatic rings. The van der Waals surface area contributed by atoms with Crippen LogP contribution in [0.2, 0.25) is 0 Å². The highest BCUT2D eigenvalue weighted by Crippen LogP contribution is 2.32. The number of rotatable bonds is 3. The van der Waals surface area contributed by atoms with Crippen molar-refractivity contribution in [1.29, 1.82) is 0 Å². The van der Waals surface area contributed by atoms with Crippen LogP contribution < -0.4 is 20.5 Å². The minimum absolute atomic E-state index is 0.152. The molecule has 5 heteroatoms. The predicted octanol–water partition coefficient (Wildman–Crippen LogP) is 4.07. The van der Waals surface area contributed by atoms with E-state index >= 15 is 0 Å². The summed E-state index contributed by atoms with van der Waals surface area (Å²) < 4.78 is 11.3. The zero-order valence-electron chi connectivity index (χ0n) is 15.7. The SMILES string of the molecule is CC(C)(C)c1ccc(CN=C(N)Nc2ccc3c(c2)OCCCO3)cc1. The Balaban J connectivity index is 1.62. The summed E-state index contributed by atoms with van der Waals surface area (Å²) in [6, 6.07) is 14.2. The van der Waals surface area contributed by atoms with Gasteiger partial charge >= 0.3 is 0 Å². The van der Waals surface area contributed by atoms with Crippen molar-refractivity contribution < 1.29 is 9.47 Å². The van der Waals surface area contributed by atoms with Gasteiger partial charge in [0.15, 0.2) is 17.5 Å². The molecule has 26 heavy (non-hydrogen) atoms. The predicted molar refractivity (Wildman–Crippen MR) is 106 cm³/mol. The first-order valence-electron chi connectivity index (χ1n) is 8.98. The Hall–Kier alpha value is -2.69. The molecule has 5 nitrogen and oxygen atoms in total. The zero-order chi connectivity index (χ0) is 18.6. The van der Waals surface area contributed by atoms with Crippen molar-refractivity contribution >= 4 is 11.6 Å². The van der Waals surface area contributed by atoms with Gasteiger partial charge in [0.05, 0.1) is 19.8 Å². The van der Waals surface area contributed by atoms with Crippen molar-refractivity contribution in [3.05, 3.63) is 53.6 Å². The summed E-state index contributed by atoms with van der Waals surface area (Å²) in [5.41, 5.74) is 9.45. The lowest BCUT2D eigenvalue weighted by Crippen LogP contribution is -2.22. The van der Waals surface area contributed by atoms with E-state index in [0.717, 1.165) is 29.2 Å². The Morgan fingerprint density at radius 1 is 1.04 bits per heavy atom. The molecule has 0 saturated carbocycles. The van der Waals surface area contributed by atoms with E-state index in [2.05, 4.69) is 55.3 Å². The van der Waals surface area contributed by atoms with Crippen molar-refractivity contribution in [1.82, 2.24) is 0 Å². The lowest BCUT2D eigenvalue weighted by molar-refractivity contribution is 0.297. The van der Waals surface area contributed by atoms with E-state index in [1.807, 2.05) is 18.2 Å². The molecular weight excluding hydrogens is 326 g/mol. The van der Waals surface area contributed by atoms with E-state index in [-0.39, 0.29) is 5.41 Å². The van der Waals surface area contributed by atoms with Gasteiger partial charge in [0.2, 0.25) is 0 Å². The third kappa shape index (κ3) is 4.69. The van der Waals surface area contributed by atoms with Gasteiger partial charge in [-0.05, 0) is 28.7 Å². The fourth-order valence-electron chi connectivity index (χ4n) is 2.72. The maximum Gasteiger partial charge on any atom is 0.193 e. The number of anilines is 1. The van der Waals surface area contributed by atoms with E-state index in [9.17, 15) is 0 Å². The highest BCUT2D eigenvalue weighted by Gasteiger charge is 2.13. The largest absolute Gasteiger partial charge is 0.490 e. The summed E-state index contributed by atoms with van der Waals surface area (Å²) in [5.74, 6) is 1.87.